The van der Waals surface area contributed by atoms with Crippen LogP contribution in [0.15, 0.2) is 36.4 Å². The molecule has 0 atom stereocenters. The molecule has 19 heavy (non-hydrogen) atoms. The maximum absolute atomic E-state index is 13.4. The number of hydrogen-bond acceptors (Lipinski definition) is 2. The first-order chi connectivity index (χ1) is 9.15. The van der Waals surface area contributed by atoms with Crippen LogP contribution >= 0.6 is 11.6 Å². The normalized spacial score (nSPS) is 10.5. The Morgan fingerprint density at radius 3 is 2.63 bits per heavy atom. The summed E-state index contributed by atoms with van der Waals surface area (Å²) in [6.45, 7) is 2.28. The van der Waals surface area contributed by atoms with E-state index in [0.29, 0.717) is 28.5 Å². The zero-order valence-electron chi connectivity index (χ0n) is 10.5. The highest BCUT2D eigenvalue weighted by molar-refractivity contribution is 6.33. The number of aliphatic hydroxyl groups excluding tert-OH is 1. The van der Waals surface area contributed by atoms with Gasteiger partial charge in [-0.3, -0.25) is 0 Å². The molecule has 0 fully saturated rings. The summed E-state index contributed by atoms with van der Waals surface area (Å²) in [6.07, 6.45) is 0. The number of ether oxygens (including phenoxy) is 1. The molecule has 2 rings (SSSR count). The van der Waals surface area contributed by atoms with Gasteiger partial charge in [0.15, 0.2) is 0 Å². The van der Waals surface area contributed by atoms with Crippen LogP contribution in [0.3, 0.4) is 0 Å². The summed E-state index contributed by atoms with van der Waals surface area (Å²) in [4.78, 5) is 0. The quantitative estimate of drug-likeness (QED) is 0.916. The Morgan fingerprint density at radius 2 is 1.95 bits per heavy atom. The minimum atomic E-state index is -0.365. The molecule has 2 nitrogen and oxygen atoms in total. The first-order valence-electron chi connectivity index (χ1n) is 5.97. The predicted octanol–water partition coefficient (Wildman–Crippen LogP) is 4.04. The first kappa shape index (κ1) is 13.8. The number of hydrogen-bond donors (Lipinski definition) is 1. The smallest absolute Gasteiger partial charge is 0.127 e. The molecule has 0 amide bonds. The van der Waals surface area contributed by atoms with Gasteiger partial charge in [0.05, 0.1) is 13.2 Å². The molecule has 100 valence electrons. The molecule has 4 heteroatoms. The van der Waals surface area contributed by atoms with E-state index in [4.69, 9.17) is 16.3 Å². The summed E-state index contributed by atoms with van der Waals surface area (Å²) < 4.78 is 18.9. The maximum atomic E-state index is 13.4. The molecule has 0 heterocycles. The van der Waals surface area contributed by atoms with Crippen molar-refractivity contribution >= 4 is 11.6 Å². The second-order valence-corrected chi connectivity index (χ2v) is 4.45. The highest BCUT2D eigenvalue weighted by Gasteiger charge is 2.12. The lowest BCUT2D eigenvalue weighted by Gasteiger charge is -2.13. The Labute approximate surface area is 116 Å². The zero-order chi connectivity index (χ0) is 13.8. The molecule has 2 aromatic rings. The van der Waals surface area contributed by atoms with Gasteiger partial charge in [0, 0.05) is 16.1 Å². The Balaban J connectivity index is 2.60. The molecule has 2 aromatic carbocycles. The van der Waals surface area contributed by atoms with Crippen LogP contribution in [0, 0.1) is 5.82 Å². The van der Waals surface area contributed by atoms with Crippen LogP contribution in [0.2, 0.25) is 5.02 Å². The fraction of sp³-hybridized carbons (Fsp3) is 0.200. The van der Waals surface area contributed by atoms with Crippen molar-refractivity contribution < 1.29 is 14.2 Å². The summed E-state index contributed by atoms with van der Waals surface area (Å²) >= 11 is 6.11. The van der Waals surface area contributed by atoms with Crippen LogP contribution in [-0.2, 0) is 6.61 Å². The third-order valence-electron chi connectivity index (χ3n) is 2.74. The van der Waals surface area contributed by atoms with Gasteiger partial charge in [0.1, 0.15) is 11.6 Å². The lowest BCUT2D eigenvalue weighted by Crippen LogP contribution is -1.96. The van der Waals surface area contributed by atoms with Gasteiger partial charge in [-0.2, -0.15) is 0 Å². The van der Waals surface area contributed by atoms with E-state index in [1.807, 2.05) is 6.92 Å². The van der Waals surface area contributed by atoms with Crippen molar-refractivity contribution in [1.82, 2.24) is 0 Å². The van der Waals surface area contributed by atoms with E-state index in [-0.39, 0.29) is 12.4 Å². The van der Waals surface area contributed by atoms with Crippen molar-refractivity contribution in [3.63, 3.8) is 0 Å². The molecule has 0 saturated carbocycles. The number of benzene rings is 2. The number of rotatable bonds is 4. The van der Waals surface area contributed by atoms with Crippen LogP contribution in [0.5, 0.6) is 5.75 Å². The Hall–Kier alpha value is -1.58. The molecule has 0 aromatic heterocycles. The Morgan fingerprint density at radius 1 is 1.16 bits per heavy atom. The molecule has 0 radical (unpaired) electrons. The lowest BCUT2D eigenvalue weighted by molar-refractivity contribution is 0.281. The van der Waals surface area contributed by atoms with Gasteiger partial charge in [0.2, 0.25) is 0 Å². The van der Waals surface area contributed by atoms with Gasteiger partial charge >= 0.3 is 0 Å². The molecule has 0 unspecified atom stereocenters. The molecule has 0 spiro atoms. The van der Waals surface area contributed by atoms with Gasteiger partial charge in [0.25, 0.3) is 0 Å². The molecule has 0 saturated heterocycles. The van der Waals surface area contributed by atoms with E-state index in [0.717, 1.165) is 5.56 Å². The summed E-state index contributed by atoms with van der Waals surface area (Å²) in [6, 6.07) is 9.45. The second-order valence-electron chi connectivity index (χ2n) is 4.05. The van der Waals surface area contributed by atoms with Gasteiger partial charge in [-0.25, -0.2) is 4.39 Å². The highest BCUT2D eigenvalue weighted by atomic mass is 35.5. The van der Waals surface area contributed by atoms with E-state index in [9.17, 15) is 9.50 Å². The molecule has 0 aliphatic rings. The third-order valence-corrected chi connectivity index (χ3v) is 3.07. The molecule has 0 bridgehead atoms. The minimum Gasteiger partial charge on any atom is -0.493 e. The van der Waals surface area contributed by atoms with Crippen LogP contribution in [0.1, 0.15) is 12.5 Å². The minimum absolute atomic E-state index is 0.0909. The van der Waals surface area contributed by atoms with Crippen LogP contribution in [0.25, 0.3) is 11.1 Å². The Bertz CT molecular complexity index is 584. The molecule has 1 N–H and O–H groups in total. The SMILES string of the molecule is CCOc1ccc(CO)cc1-c1cc(F)ccc1Cl. The van der Waals surface area contributed by atoms with Crippen molar-refractivity contribution in [3.05, 3.63) is 52.8 Å². The first-order valence-corrected chi connectivity index (χ1v) is 6.35. The van der Waals surface area contributed by atoms with E-state index in [1.54, 1.807) is 18.2 Å². The summed E-state index contributed by atoms with van der Waals surface area (Å²) in [7, 11) is 0. The van der Waals surface area contributed by atoms with E-state index < -0.39 is 0 Å². The van der Waals surface area contributed by atoms with E-state index >= 15 is 0 Å². The summed E-state index contributed by atoms with van der Waals surface area (Å²) in [5, 5.41) is 9.65. The molecular formula is C15H14ClFO2. The predicted molar refractivity (Wildman–Crippen MR) is 73.9 cm³/mol. The molecular weight excluding hydrogens is 267 g/mol. The monoisotopic (exact) mass is 280 g/mol. The zero-order valence-corrected chi connectivity index (χ0v) is 11.2. The van der Waals surface area contributed by atoms with Crippen LogP contribution in [-0.4, -0.2) is 11.7 Å². The average molecular weight is 281 g/mol. The standard InChI is InChI=1S/C15H14ClFO2/c1-2-19-15-6-3-10(9-18)7-13(15)12-8-11(17)4-5-14(12)16/h3-8,18H,2,9H2,1H3. The van der Waals surface area contributed by atoms with E-state index in [2.05, 4.69) is 0 Å². The second kappa shape index (κ2) is 6.04. The fourth-order valence-corrected chi connectivity index (χ4v) is 2.09. The van der Waals surface area contributed by atoms with E-state index in [1.165, 1.54) is 18.2 Å². The fourth-order valence-electron chi connectivity index (χ4n) is 1.87. The van der Waals surface area contributed by atoms with Crippen molar-refractivity contribution in [2.24, 2.45) is 0 Å². The van der Waals surface area contributed by atoms with Crippen molar-refractivity contribution in [1.29, 1.82) is 0 Å². The van der Waals surface area contributed by atoms with Gasteiger partial charge in [-0.15, -0.1) is 0 Å². The van der Waals surface area contributed by atoms with Gasteiger partial charge < -0.3 is 9.84 Å². The third kappa shape index (κ3) is 3.06. The topological polar surface area (TPSA) is 29.5 Å². The summed E-state index contributed by atoms with van der Waals surface area (Å²) in [5.41, 5.74) is 1.96. The van der Waals surface area contributed by atoms with Crippen molar-refractivity contribution in [3.8, 4) is 16.9 Å². The number of halogens is 2. The summed E-state index contributed by atoms with van der Waals surface area (Å²) in [5.74, 6) is 0.253. The van der Waals surface area contributed by atoms with Crippen molar-refractivity contribution in [2.75, 3.05) is 6.61 Å². The average Bonchev–Trinajstić information content (AvgIpc) is 2.42. The maximum Gasteiger partial charge on any atom is 0.127 e. The number of aliphatic hydroxyl groups is 1. The van der Waals surface area contributed by atoms with Crippen molar-refractivity contribution in [2.45, 2.75) is 13.5 Å². The molecule has 0 aliphatic heterocycles. The van der Waals surface area contributed by atoms with Gasteiger partial charge in [-0.1, -0.05) is 17.7 Å². The van der Waals surface area contributed by atoms with Crippen LogP contribution < -0.4 is 4.74 Å². The van der Waals surface area contributed by atoms with Crippen LogP contribution in [0.4, 0.5) is 4.39 Å². The molecule has 0 aliphatic carbocycles. The van der Waals surface area contributed by atoms with Gasteiger partial charge in [-0.05, 0) is 42.8 Å². The Kier molecular flexibility index (Phi) is 4.40. The lowest BCUT2D eigenvalue weighted by atomic mass is 10.0. The largest absolute Gasteiger partial charge is 0.493 e. The highest BCUT2D eigenvalue weighted by Crippen LogP contribution is 2.36.